The number of carbonyl (C=O) groups is 1. The van der Waals surface area contributed by atoms with Crippen molar-refractivity contribution < 1.29 is 4.79 Å². The first-order valence-electron chi connectivity index (χ1n) is 4.81. The molecule has 1 saturated heterocycles. The molecule has 0 bridgehead atoms. The van der Waals surface area contributed by atoms with Crippen molar-refractivity contribution in [2.75, 3.05) is 24.6 Å². The number of halogens is 1. The zero-order valence-corrected chi connectivity index (χ0v) is 10.2. The van der Waals surface area contributed by atoms with Crippen LogP contribution in [-0.2, 0) is 4.79 Å². The molecule has 0 saturated carbocycles. The maximum atomic E-state index is 11.6. The van der Waals surface area contributed by atoms with Crippen molar-refractivity contribution >= 4 is 30.1 Å². The summed E-state index contributed by atoms with van der Waals surface area (Å²) >= 11 is 1.93. The summed E-state index contributed by atoms with van der Waals surface area (Å²) in [4.78, 5) is 13.5. The first-order chi connectivity index (χ1) is 6.20. The fourth-order valence-corrected chi connectivity index (χ4v) is 2.29. The van der Waals surface area contributed by atoms with Crippen LogP contribution < -0.4 is 5.73 Å². The van der Waals surface area contributed by atoms with E-state index in [1.54, 1.807) is 0 Å². The average Bonchev–Trinajstić information content (AvgIpc) is 2.29. The molecule has 1 heterocycles. The van der Waals surface area contributed by atoms with Crippen LogP contribution in [0.15, 0.2) is 0 Å². The largest absolute Gasteiger partial charge is 0.342 e. The molecular formula is C9H19ClN2OS. The third-order valence-electron chi connectivity index (χ3n) is 2.07. The number of amides is 1. The number of thioether (sulfide) groups is 1. The summed E-state index contributed by atoms with van der Waals surface area (Å²) in [6, 6.07) is -0.0107. The van der Waals surface area contributed by atoms with Crippen LogP contribution in [0.2, 0.25) is 0 Å². The van der Waals surface area contributed by atoms with Crippen LogP contribution in [0.3, 0.4) is 0 Å². The zero-order valence-electron chi connectivity index (χ0n) is 8.57. The fraction of sp³-hybridized carbons (Fsp3) is 0.889. The molecule has 1 atom stereocenters. The molecule has 1 aliphatic heterocycles. The Kier molecular flexibility index (Phi) is 7.41. The predicted molar refractivity (Wildman–Crippen MR) is 64.0 cm³/mol. The second kappa shape index (κ2) is 7.37. The summed E-state index contributed by atoms with van der Waals surface area (Å²) < 4.78 is 0. The maximum Gasteiger partial charge on any atom is 0.224 e. The molecule has 0 aliphatic carbocycles. The normalized spacial score (nSPS) is 19.4. The molecule has 1 fully saturated rings. The zero-order chi connectivity index (χ0) is 9.68. The van der Waals surface area contributed by atoms with Crippen LogP contribution in [-0.4, -0.2) is 41.4 Å². The standard InChI is InChI=1S/C9H18N2OS.ClH/c1-8(10)7-9(12)11-3-2-5-13-6-4-11;/h8H,2-7,10H2,1H3;1H. The Labute approximate surface area is 96.2 Å². The smallest absolute Gasteiger partial charge is 0.224 e. The molecule has 2 N–H and O–H groups in total. The Morgan fingerprint density at radius 3 is 2.86 bits per heavy atom. The van der Waals surface area contributed by atoms with Crippen LogP contribution in [0.5, 0.6) is 0 Å². The van der Waals surface area contributed by atoms with Crippen molar-refractivity contribution in [3.63, 3.8) is 0 Å². The van der Waals surface area contributed by atoms with Crippen molar-refractivity contribution in [3.8, 4) is 0 Å². The van der Waals surface area contributed by atoms with Gasteiger partial charge in [-0.3, -0.25) is 4.79 Å². The highest BCUT2D eigenvalue weighted by atomic mass is 35.5. The molecule has 0 aromatic rings. The van der Waals surface area contributed by atoms with E-state index in [2.05, 4.69) is 0 Å². The van der Waals surface area contributed by atoms with E-state index >= 15 is 0 Å². The van der Waals surface area contributed by atoms with Crippen LogP contribution in [0.1, 0.15) is 19.8 Å². The molecule has 0 aromatic carbocycles. The molecule has 0 spiro atoms. The number of nitrogens with zero attached hydrogens (tertiary/aromatic N) is 1. The summed E-state index contributed by atoms with van der Waals surface area (Å²) in [6.07, 6.45) is 1.61. The highest BCUT2D eigenvalue weighted by Crippen LogP contribution is 2.11. The van der Waals surface area contributed by atoms with Gasteiger partial charge in [-0.15, -0.1) is 12.4 Å². The molecule has 1 aliphatic rings. The van der Waals surface area contributed by atoms with Crippen molar-refractivity contribution in [2.24, 2.45) is 5.73 Å². The summed E-state index contributed by atoms with van der Waals surface area (Å²) in [5.74, 6) is 2.48. The van der Waals surface area contributed by atoms with Gasteiger partial charge < -0.3 is 10.6 Å². The van der Waals surface area contributed by atoms with Crippen molar-refractivity contribution in [1.29, 1.82) is 0 Å². The topological polar surface area (TPSA) is 46.3 Å². The molecule has 14 heavy (non-hydrogen) atoms. The molecule has 84 valence electrons. The Balaban J connectivity index is 0.00000169. The van der Waals surface area contributed by atoms with E-state index < -0.39 is 0 Å². The third kappa shape index (κ3) is 5.08. The van der Waals surface area contributed by atoms with Crippen LogP contribution in [0, 0.1) is 0 Å². The molecule has 1 unspecified atom stereocenters. The van der Waals surface area contributed by atoms with Gasteiger partial charge >= 0.3 is 0 Å². The van der Waals surface area contributed by atoms with Gasteiger partial charge in [-0.25, -0.2) is 0 Å². The Morgan fingerprint density at radius 2 is 2.21 bits per heavy atom. The van der Waals surface area contributed by atoms with E-state index in [0.717, 1.165) is 25.3 Å². The van der Waals surface area contributed by atoms with Crippen LogP contribution in [0.25, 0.3) is 0 Å². The fourth-order valence-electron chi connectivity index (χ4n) is 1.40. The van der Waals surface area contributed by atoms with Crippen LogP contribution in [0.4, 0.5) is 0 Å². The Morgan fingerprint density at radius 1 is 1.50 bits per heavy atom. The van der Waals surface area contributed by atoms with Crippen molar-refractivity contribution in [3.05, 3.63) is 0 Å². The average molecular weight is 239 g/mol. The second-order valence-electron chi connectivity index (χ2n) is 3.53. The number of hydrogen-bond donors (Lipinski definition) is 1. The third-order valence-corrected chi connectivity index (χ3v) is 3.12. The summed E-state index contributed by atoms with van der Waals surface area (Å²) in [5, 5.41) is 0. The summed E-state index contributed by atoms with van der Waals surface area (Å²) in [7, 11) is 0. The van der Waals surface area contributed by atoms with Gasteiger partial charge in [-0.2, -0.15) is 11.8 Å². The quantitative estimate of drug-likeness (QED) is 0.784. The SMILES string of the molecule is CC(N)CC(=O)N1CCCSCC1.Cl. The lowest BCUT2D eigenvalue weighted by Crippen LogP contribution is -2.36. The maximum absolute atomic E-state index is 11.6. The van der Waals surface area contributed by atoms with E-state index in [1.807, 2.05) is 23.6 Å². The van der Waals surface area contributed by atoms with Gasteiger partial charge in [-0.05, 0) is 19.1 Å². The number of carbonyl (C=O) groups excluding carboxylic acids is 1. The molecular weight excluding hydrogens is 220 g/mol. The monoisotopic (exact) mass is 238 g/mol. The molecule has 0 aromatic heterocycles. The Hall–Kier alpha value is 0.0700. The number of rotatable bonds is 2. The van der Waals surface area contributed by atoms with Gasteiger partial charge in [0.2, 0.25) is 5.91 Å². The predicted octanol–water partition coefficient (Wildman–Crippen LogP) is 1.11. The van der Waals surface area contributed by atoms with Gasteiger partial charge in [0.05, 0.1) is 0 Å². The van der Waals surface area contributed by atoms with Crippen molar-refractivity contribution in [1.82, 2.24) is 4.90 Å². The highest BCUT2D eigenvalue weighted by Gasteiger charge is 2.16. The Bertz CT molecular complexity index is 170. The lowest BCUT2D eigenvalue weighted by Gasteiger charge is -2.20. The van der Waals surface area contributed by atoms with E-state index in [1.165, 1.54) is 5.75 Å². The first-order valence-corrected chi connectivity index (χ1v) is 5.96. The van der Waals surface area contributed by atoms with E-state index in [9.17, 15) is 4.79 Å². The van der Waals surface area contributed by atoms with Gasteiger partial charge in [0.25, 0.3) is 0 Å². The molecule has 1 amide bonds. The molecule has 0 radical (unpaired) electrons. The van der Waals surface area contributed by atoms with Crippen LogP contribution >= 0.6 is 24.2 Å². The molecule has 3 nitrogen and oxygen atoms in total. The van der Waals surface area contributed by atoms with Gasteiger partial charge in [0, 0.05) is 31.3 Å². The minimum absolute atomic E-state index is 0. The summed E-state index contributed by atoms with van der Waals surface area (Å²) in [5.41, 5.74) is 5.59. The summed E-state index contributed by atoms with van der Waals surface area (Å²) in [6.45, 7) is 3.69. The van der Waals surface area contributed by atoms with E-state index in [-0.39, 0.29) is 24.4 Å². The van der Waals surface area contributed by atoms with E-state index in [0.29, 0.717) is 6.42 Å². The van der Waals surface area contributed by atoms with Gasteiger partial charge in [0.15, 0.2) is 0 Å². The highest BCUT2D eigenvalue weighted by molar-refractivity contribution is 7.99. The number of hydrogen-bond acceptors (Lipinski definition) is 3. The number of nitrogens with two attached hydrogens (primary N) is 1. The van der Waals surface area contributed by atoms with E-state index in [4.69, 9.17) is 5.73 Å². The minimum atomic E-state index is -0.0107. The lowest BCUT2D eigenvalue weighted by atomic mass is 10.2. The molecule has 1 rings (SSSR count). The first kappa shape index (κ1) is 14.1. The van der Waals surface area contributed by atoms with Gasteiger partial charge in [-0.1, -0.05) is 0 Å². The van der Waals surface area contributed by atoms with Crippen molar-refractivity contribution in [2.45, 2.75) is 25.8 Å². The minimum Gasteiger partial charge on any atom is -0.342 e. The molecule has 5 heteroatoms. The lowest BCUT2D eigenvalue weighted by molar-refractivity contribution is -0.131. The second-order valence-corrected chi connectivity index (χ2v) is 4.75. The van der Waals surface area contributed by atoms with Gasteiger partial charge in [0.1, 0.15) is 0 Å².